The number of aliphatic imine (C=N–C) groups is 1. The lowest BCUT2D eigenvalue weighted by Crippen LogP contribution is -2.55. The monoisotopic (exact) mass is 500 g/mol. The van der Waals surface area contributed by atoms with Gasteiger partial charge in [0.2, 0.25) is 0 Å². The number of amides is 1. The Morgan fingerprint density at radius 3 is 2.36 bits per heavy atom. The average Bonchev–Trinajstić information content (AvgIpc) is 3.26. The van der Waals surface area contributed by atoms with Crippen molar-refractivity contribution >= 4 is 35.8 Å². The fourth-order valence-electron chi connectivity index (χ4n) is 3.71. The van der Waals surface area contributed by atoms with E-state index in [4.69, 9.17) is 4.74 Å². The summed E-state index contributed by atoms with van der Waals surface area (Å²) in [6.07, 6.45) is 3.69. The van der Waals surface area contributed by atoms with Crippen molar-refractivity contribution in [2.45, 2.75) is 38.7 Å². The van der Waals surface area contributed by atoms with Gasteiger partial charge >= 0.3 is 0 Å². The van der Waals surface area contributed by atoms with Crippen molar-refractivity contribution in [2.24, 2.45) is 4.99 Å². The molecule has 3 rings (SSSR count). The van der Waals surface area contributed by atoms with Crippen LogP contribution in [0.4, 0.5) is 0 Å². The molecule has 1 unspecified atom stereocenters. The molecular formula is C21H33IN4O2. The molecule has 2 saturated heterocycles. The molecule has 6 nitrogen and oxygen atoms in total. The highest BCUT2D eigenvalue weighted by Crippen LogP contribution is 2.16. The van der Waals surface area contributed by atoms with Gasteiger partial charge in [0.25, 0.3) is 5.91 Å². The Hall–Kier alpha value is -1.35. The van der Waals surface area contributed by atoms with Crippen molar-refractivity contribution in [1.82, 2.24) is 15.1 Å². The van der Waals surface area contributed by atoms with Gasteiger partial charge < -0.3 is 19.9 Å². The second-order valence-electron chi connectivity index (χ2n) is 7.21. The zero-order chi connectivity index (χ0) is 19.1. The lowest BCUT2D eigenvalue weighted by Gasteiger charge is -2.37. The molecule has 0 aromatic heterocycles. The van der Waals surface area contributed by atoms with Crippen LogP contribution < -0.4 is 5.32 Å². The van der Waals surface area contributed by atoms with E-state index in [0.717, 1.165) is 64.4 Å². The molecule has 1 aromatic rings. The number of piperazine rings is 1. The first-order valence-corrected chi connectivity index (χ1v) is 10.1. The predicted octanol–water partition coefficient (Wildman–Crippen LogP) is 2.31. The summed E-state index contributed by atoms with van der Waals surface area (Å²) in [5, 5.41) is 3.46. The topological polar surface area (TPSA) is 57.2 Å². The van der Waals surface area contributed by atoms with Gasteiger partial charge in [-0.15, -0.1) is 24.0 Å². The third-order valence-corrected chi connectivity index (χ3v) is 5.44. The van der Waals surface area contributed by atoms with Crippen LogP contribution >= 0.6 is 24.0 Å². The highest BCUT2D eigenvalue weighted by molar-refractivity contribution is 14.0. The molecule has 2 heterocycles. The van der Waals surface area contributed by atoms with Gasteiger partial charge in [0.15, 0.2) is 5.96 Å². The molecule has 0 radical (unpaired) electrons. The number of benzene rings is 1. The summed E-state index contributed by atoms with van der Waals surface area (Å²) in [5.74, 6) is 1.08. The molecule has 1 amide bonds. The molecule has 2 aliphatic heterocycles. The summed E-state index contributed by atoms with van der Waals surface area (Å²) < 4.78 is 5.53. The number of hydrogen-bond acceptors (Lipinski definition) is 3. The Morgan fingerprint density at radius 1 is 1.14 bits per heavy atom. The number of nitrogens with zero attached hydrogens (tertiary/aromatic N) is 3. The average molecular weight is 500 g/mol. The quantitative estimate of drug-likeness (QED) is 0.383. The van der Waals surface area contributed by atoms with E-state index in [1.165, 1.54) is 11.1 Å². The minimum atomic E-state index is -0.215. The van der Waals surface area contributed by atoms with E-state index in [1.807, 2.05) is 11.9 Å². The molecule has 156 valence electrons. The van der Waals surface area contributed by atoms with Crippen LogP contribution in [0.2, 0.25) is 0 Å². The zero-order valence-corrected chi connectivity index (χ0v) is 19.4. The van der Waals surface area contributed by atoms with Crippen molar-refractivity contribution < 1.29 is 9.53 Å². The van der Waals surface area contributed by atoms with Crippen LogP contribution in [0.1, 0.15) is 30.9 Å². The minimum Gasteiger partial charge on any atom is -0.368 e. The molecule has 0 bridgehead atoms. The summed E-state index contributed by atoms with van der Waals surface area (Å²) >= 11 is 0. The number of guanidine groups is 1. The molecule has 1 atom stereocenters. The normalized spacial score (nSPS) is 20.1. The number of hydrogen-bond donors (Lipinski definition) is 1. The van der Waals surface area contributed by atoms with Crippen LogP contribution in [0.25, 0.3) is 0 Å². The molecule has 2 fully saturated rings. The Kier molecular flexibility index (Phi) is 9.50. The van der Waals surface area contributed by atoms with E-state index >= 15 is 0 Å². The predicted molar refractivity (Wildman–Crippen MR) is 123 cm³/mol. The van der Waals surface area contributed by atoms with Gasteiger partial charge in [0, 0.05) is 46.4 Å². The van der Waals surface area contributed by atoms with Crippen molar-refractivity contribution in [1.29, 1.82) is 0 Å². The number of carbonyl (C=O) groups excluding carboxylic acids is 1. The maximum Gasteiger partial charge on any atom is 0.251 e. The molecule has 1 aromatic carbocycles. The summed E-state index contributed by atoms with van der Waals surface area (Å²) in [6, 6.07) is 8.82. The number of nitrogens with one attached hydrogen (secondary N) is 1. The number of halogens is 1. The van der Waals surface area contributed by atoms with Crippen LogP contribution in [0, 0.1) is 0 Å². The highest BCUT2D eigenvalue weighted by Gasteiger charge is 2.30. The van der Waals surface area contributed by atoms with E-state index in [-0.39, 0.29) is 36.0 Å². The fourth-order valence-corrected chi connectivity index (χ4v) is 3.71. The Bertz CT molecular complexity index is 636. The second-order valence-corrected chi connectivity index (χ2v) is 7.21. The van der Waals surface area contributed by atoms with E-state index in [2.05, 4.69) is 46.4 Å². The lowest BCUT2D eigenvalue weighted by molar-refractivity contribution is -0.142. The van der Waals surface area contributed by atoms with Crippen molar-refractivity contribution in [3.8, 4) is 0 Å². The number of carbonyl (C=O) groups is 1. The summed E-state index contributed by atoms with van der Waals surface area (Å²) in [5.41, 5.74) is 2.71. The van der Waals surface area contributed by atoms with Crippen LogP contribution in [0.15, 0.2) is 29.3 Å². The van der Waals surface area contributed by atoms with E-state index in [9.17, 15) is 4.79 Å². The van der Waals surface area contributed by atoms with Crippen LogP contribution in [0.5, 0.6) is 0 Å². The number of ether oxygens (including phenoxy) is 1. The SMILES string of the molecule is CCc1ccc(CCNC(=NC)N2CCN(C(=O)C3CCCO3)CC2)cc1.I. The number of rotatable bonds is 5. The third-order valence-electron chi connectivity index (χ3n) is 5.44. The van der Waals surface area contributed by atoms with Crippen molar-refractivity contribution in [3.63, 3.8) is 0 Å². The number of aryl methyl sites for hydroxylation is 1. The minimum absolute atomic E-state index is 0. The summed E-state index contributed by atoms with van der Waals surface area (Å²) in [4.78, 5) is 21.1. The first-order valence-electron chi connectivity index (χ1n) is 10.1. The molecule has 1 N–H and O–H groups in total. The van der Waals surface area contributed by atoms with Gasteiger partial charge in [-0.2, -0.15) is 0 Å². The van der Waals surface area contributed by atoms with Crippen LogP contribution in [-0.4, -0.2) is 74.1 Å². The van der Waals surface area contributed by atoms with E-state index in [1.54, 1.807) is 0 Å². The van der Waals surface area contributed by atoms with Gasteiger partial charge in [-0.05, 0) is 36.8 Å². The molecular weight excluding hydrogens is 467 g/mol. The lowest BCUT2D eigenvalue weighted by atomic mass is 10.1. The fraction of sp³-hybridized carbons (Fsp3) is 0.619. The van der Waals surface area contributed by atoms with Crippen molar-refractivity contribution in [3.05, 3.63) is 35.4 Å². The summed E-state index contributed by atoms with van der Waals surface area (Å²) in [6.45, 7) is 6.83. The zero-order valence-electron chi connectivity index (χ0n) is 17.0. The molecule has 2 aliphatic rings. The highest BCUT2D eigenvalue weighted by atomic mass is 127. The van der Waals surface area contributed by atoms with E-state index < -0.39 is 0 Å². The Labute approximate surface area is 185 Å². The first-order chi connectivity index (χ1) is 13.2. The van der Waals surface area contributed by atoms with Gasteiger partial charge in [-0.1, -0.05) is 31.2 Å². The Morgan fingerprint density at radius 2 is 1.79 bits per heavy atom. The standard InChI is InChI=1S/C21H32N4O2.HI/c1-3-17-6-8-18(9-7-17)10-11-23-21(22-2)25-14-12-24(13-15-25)20(26)19-5-4-16-27-19;/h6-9,19H,3-5,10-16H2,1-2H3,(H,22,23);1H. The molecule has 0 aliphatic carbocycles. The molecule has 0 spiro atoms. The van der Waals surface area contributed by atoms with Gasteiger partial charge in [0.05, 0.1) is 0 Å². The van der Waals surface area contributed by atoms with Crippen LogP contribution in [0.3, 0.4) is 0 Å². The first kappa shape index (κ1) is 22.9. The van der Waals surface area contributed by atoms with Crippen molar-refractivity contribution in [2.75, 3.05) is 46.4 Å². The van der Waals surface area contributed by atoms with Gasteiger partial charge in [-0.25, -0.2) is 0 Å². The second kappa shape index (κ2) is 11.6. The molecule has 0 saturated carbocycles. The van der Waals surface area contributed by atoms with Gasteiger partial charge in [-0.3, -0.25) is 9.79 Å². The maximum absolute atomic E-state index is 12.5. The van der Waals surface area contributed by atoms with Gasteiger partial charge in [0.1, 0.15) is 6.10 Å². The smallest absolute Gasteiger partial charge is 0.251 e. The summed E-state index contributed by atoms with van der Waals surface area (Å²) in [7, 11) is 1.82. The molecule has 28 heavy (non-hydrogen) atoms. The maximum atomic E-state index is 12.5. The largest absolute Gasteiger partial charge is 0.368 e. The van der Waals surface area contributed by atoms with Crippen LogP contribution in [-0.2, 0) is 22.4 Å². The third kappa shape index (κ3) is 6.07. The Balaban J connectivity index is 0.00000280. The molecule has 7 heteroatoms. The van der Waals surface area contributed by atoms with E-state index in [0.29, 0.717) is 6.61 Å².